The maximum atomic E-state index is 13.3. The minimum atomic E-state index is 0.294. The topological polar surface area (TPSA) is 39.7 Å². The van der Waals surface area contributed by atoms with Crippen molar-refractivity contribution >= 4 is 5.91 Å². The predicted molar refractivity (Wildman–Crippen MR) is 130 cm³/mol. The molecule has 0 N–H and O–H groups in total. The average Bonchev–Trinajstić information content (AvgIpc) is 3.54. The number of carbonyl (C=O) groups is 1. The average molecular weight is 449 g/mol. The van der Waals surface area contributed by atoms with Gasteiger partial charge in [-0.1, -0.05) is 31.6 Å². The molecule has 2 saturated heterocycles. The first kappa shape index (κ1) is 21.8. The molecule has 1 aromatic rings. The van der Waals surface area contributed by atoms with E-state index in [2.05, 4.69) is 51.7 Å². The van der Waals surface area contributed by atoms with Gasteiger partial charge in [0, 0.05) is 51.4 Å². The quantitative estimate of drug-likeness (QED) is 0.642. The summed E-state index contributed by atoms with van der Waals surface area (Å²) < 4.78 is 0. The summed E-state index contributed by atoms with van der Waals surface area (Å²) in [6.07, 6.45) is 10.7. The number of piperidine rings is 1. The Morgan fingerprint density at radius 2 is 1.79 bits per heavy atom. The molecule has 0 aromatic carbocycles. The Hall–Kier alpha value is -1.72. The number of nitrogens with zero attached hydrogens (tertiary/aromatic N) is 4. The molecule has 1 unspecified atom stereocenters. The van der Waals surface area contributed by atoms with Crippen LogP contribution in [-0.4, -0.2) is 71.4 Å². The smallest absolute Gasteiger partial charge is 0.226 e. The minimum Gasteiger partial charge on any atom is -0.340 e. The lowest BCUT2D eigenvalue weighted by atomic mass is 9.49. The van der Waals surface area contributed by atoms with Gasteiger partial charge in [0.05, 0.1) is 5.69 Å². The van der Waals surface area contributed by atoms with Crippen LogP contribution in [0.4, 0.5) is 0 Å². The number of rotatable bonds is 5. The standard InChI is InChI=1S/C28H40N4O/c1-27(2)22-7-6-21(24(27)17-22)19-30-11-8-28(9-12-30)18-25(28)26(33)32-15-13-31(14-16-32)20-23-5-3-4-10-29-23/h3-6,10,22,24-25H,7-9,11-20H2,1-2H3/t22-,24-,25?/m0/s1. The lowest BCUT2D eigenvalue weighted by molar-refractivity contribution is -0.135. The van der Waals surface area contributed by atoms with Crippen LogP contribution in [0.2, 0.25) is 0 Å². The highest BCUT2D eigenvalue weighted by atomic mass is 16.2. The second kappa shape index (κ2) is 8.20. The summed E-state index contributed by atoms with van der Waals surface area (Å²) in [5.74, 6) is 2.48. The Kier molecular flexibility index (Phi) is 5.41. The summed E-state index contributed by atoms with van der Waals surface area (Å²) >= 11 is 0. The number of likely N-dealkylation sites (tertiary alicyclic amines) is 1. The van der Waals surface area contributed by atoms with Gasteiger partial charge in [0.1, 0.15) is 0 Å². The van der Waals surface area contributed by atoms with Crippen LogP contribution in [0.1, 0.15) is 51.6 Å². The van der Waals surface area contributed by atoms with E-state index in [1.165, 1.54) is 45.3 Å². The molecule has 178 valence electrons. The zero-order valence-corrected chi connectivity index (χ0v) is 20.5. The number of amides is 1. The molecule has 1 amide bonds. The Morgan fingerprint density at radius 1 is 1.03 bits per heavy atom. The lowest BCUT2D eigenvalue weighted by Crippen LogP contribution is -2.50. The highest BCUT2D eigenvalue weighted by Gasteiger charge is 2.59. The van der Waals surface area contributed by atoms with E-state index >= 15 is 0 Å². The van der Waals surface area contributed by atoms with Crippen molar-refractivity contribution in [3.05, 3.63) is 41.7 Å². The maximum absolute atomic E-state index is 13.3. The SMILES string of the molecule is CC1(C)[C@H]2CC=C(CN3CCC4(CC3)CC4C(=O)N3CCN(Cc4ccccn4)CC3)[C@@H]1C2. The number of aromatic nitrogens is 1. The van der Waals surface area contributed by atoms with E-state index in [0.29, 0.717) is 22.7 Å². The fourth-order valence-corrected chi connectivity index (χ4v) is 7.39. The summed E-state index contributed by atoms with van der Waals surface area (Å²) in [4.78, 5) is 25.0. The Morgan fingerprint density at radius 3 is 2.45 bits per heavy atom. The lowest BCUT2D eigenvalue weighted by Gasteiger charge is -2.57. The maximum Gasteiger partial charge on any atom is 0.226 e. The number of allylic oxidation sites excluding steroid dienone is 1. The van der Waals surface area contributed by atoms with Crippen molar-refractivity contribution in [1.29, 1.82) is 0 Å². The van der Waals surface area contributed by atoms with E-state index < -0.39 is 0 Å². The van der Waals surface area contributed by atoms with Crippen LogP contribution in [0.3, 0.4) is 0 Å². The molecule has 1 aromatic heterocycles. The summed E-state index contributed by atoms with van der Waals surface area (Å²) in [6.45, 7) is 13.0. The molecule has 2 aliphatic heterocycles. The zero-order chi connectivity index (χ0) is 22.6. The normalized spacial score (nSPS) is 32.8. The highest BCUT2D eigenvalue weighted by molar-refractivity contribution is 5.83. The van der Waals surface area contributed by atoms with Gasteiger partial charge in [-0.3, -0.25) is 19.6 Å². The van der Waals surface area contributed by atoms with Gasteiger partial charge in [-0.15, -0.1) is 0 Å². The molecule has 4 aliphatic carbocycles. The Bertz CT molecular complexity index is 909. The number of carbonyl (C=O) groups excluding carboxylic acids is 1. The van der Waals surface area contributed by atoms with Crippen molar-refractivity contribution < 1.29 is 4.79 Å². The van der Waals surface area contributed by atoms with Gasteiger partial charge in [-0.25, -0.2) is 0 Å². The molecule has 1 spiro atoms. The molecule has 3 heterocycles. The molecular weight excluding hydrogens is 408 g/mol. The molecule has 2 bridgehead atoms. The molecule has 4 fully saturated rings. The first-order chi connectivity index (χ1) is 15.9. The van der Waals surface area contributed by atoms with Crippen molar-refractivity contribution in [2.24, 2.45) is 28.6 Å². The van der Waals surface area contributed by atoms with Gasteiger partial charge in [0.15, 0.2) is 0 Å². The molecule has 0 radical (unpaired) electrons. The fourth-order valence-electron chi connectivity index (χ4n) is 7.39. The van der Waals surface area contributed by atoms with Crippen molar-refractivity contribution in [1.82, 2.24) is 19.7 Å². The molecule has 7 rings (SSSR count). The predicted octanol–water partition coefficient (Wildman–Crippen LogP) is 3.82. The van der Waals surface area contributed by atoms with E-state index in [1.807, 2.05) is 12.3 Å². The van der Waals surface area contributed by atoms with Gasteiger partial charge in [-0.2, -0.15) is 0 Å². The van der Waals surface area contributed by atoms with Crippen LogP contribution < -0.4 is 0 Å². The van der Waals surface area contributed by atoms with E-state index in [0.717, 1.165) is 56.7 Å². The molecule has 3 atom stereocenters. The minimum absolute atomic E-state index is 0.294. The van der Waals surface area contributed by atoms with Crippen LogP contribution in [0.15, 0.2) is 36.0 Å². The number of fused-ring (bicyclic) bond motifs is 1. The third kappa shape index (κ3) is 3.95. The molecule has 6 aliphatic rings. The number of piperazine rings is 1. The van der Waals surface area contributed by atoms with Crippen molar-refractivity contribution in [3.8, 4) is 0 Å². The van der Waals surface area contributed by atoms with E-state index in [4.69, 9.17) is 0 Å². The summed E-state index contributed by atoms with van der Waals surface area (Å²) in [7, 11) is 0. The second-order valence-corrected chi connectivity index (χ2v) is 12.1. The van der Waals surface area contributed by atoms with Crippen LogP contribution in [-0.2, 0) is 11.3 Å². The monoisotopic (exact) mass is 448 g/mol. The van der Waals surface area contributed by atoms with Crippen LogP contribution in [0.5, 0.6) is 0 Å². The van der Waals surface area contributed by atoms with Crippen molar-refractivity contribution in [3.63, 3.8) is 0 Å². The largest absolute Gasteiger partial charge is 0.340 e. The van der Waals surface area contributed by atoms with E-state index in [1.54, 1.807) is 5.57 Å². The summed E-state index contributed by atoms with van der Waals surface area (Å²) in [6, 6.07) is 6.11. The Balaban J connectivity index is 0.965. The summed E-state index contributed by atoms with van der Waals surface area (Å²) in [5, 5.41) is 0. The van der Waals surface area contributed by atoms with Gasteiger partial charge in [0.25, 0.3) is 0 Å². The van der Waals surface area contributed by atoms with E-state index in [9.17, 15) is 4.79 Å². The number of hydrogen-bond acceptors (Lipinski definition) is 4. The third-order valence-corrected chi connectivity index (χ3v) is 10.1. The van der Waals surface area contributed by atoms with Gasteiger partial charge in [0.2, 0.25) is 5.91 Å². The van der Waals surface area contributed by atoms with Crippen LogP contribution in [0, 0.1) is 28.6 Å². The third-order valence-electron chi connectivity index (χ3n) is 10.1. The van der Waals surface area contributed by atoms with Gasteiger partial charge < -0.3 is 4.90 Å². The highest BCUT2D eigenvalue weighted by Crippen LogP contribution is 2.61. The number of pyridine rings is 1. The molecular formula is C28H40N4O. The Labute approximate surface area is 199 Å². The zero-order valence-electron chi connectivity index (χ0n) is 20.5. The fraction of sp³-hybridized carbons (Fsp3) is 0.714. The second-order valence-electron chi connectivity index (χ2n) is 12.1. The van der Waals surface area contributed by atoms with Crippen molar-refractivity contribution in [2.75, 3.05) is 45.8 Å². The van der Waals surface area contributed by atoms with E-state index in [-0.39, 0.29) is 0 Å². The molecule has 2 saturated carbocycles. The molecule has 33 heavy (non-hydrogen) atoms. The number of hydrogen-bond donors (Lipinski definition) is 0. The van der Waals surface area contributed by atoms with Crippen molar-refractivity contribution in [2.45, 2.75) is 52.5 Å². The summed E-state index contributed by atoms with van der Waals surface area (Å²) in [5.41, 5.74) is 3.68. The van der Waals surface area contributed by atoms with Crippen LogP contribution in [0.25, 0.3) is 0 Å². The first-order valence-electron chi connectivity index (χ1n) is 13.3. The van der Waals surface area contributed by atoms with Crippen LogP contribution >= 0.6 is 0 Å². The molecule has 5 heteroatoms. The molecule has 5 nitrogen and oxygen atoms in total. The van der Waals surface area contributed by atoms with Gasteiger partial charge in [-0.05, 0) is 80.0 Å². The first-order valence-corrected chi connectivity index (χ1v) is 13.3. The van der Waals surface area contributed by atoms with Gasteiger partial charge >= 0.3 is 0 Å².